The van der Waals surface area contributed by atoms with E-state index < -0.39 is 5.97 Å². The van der Waals surface area contributed by atoms with E-state index in [0.717, 1.165) is 22.7 Å². The second-order valence-corrected chi connectivity index (χ2v) is 4.99. The molecule has 1 aromatic heterocycles. The zero-order valence-corrected chi connectivity index (χ0v) is 13.2. The van der Waals surface area contributed by atoms with Gasteiger partial charge < -0.3 is 9.84 Å². The van der Waals surface area contributed by atoms with Gasteiger partial charge in [-0.2, -0.15) is 5.10 Å². The molecule has 0 bridgehead atoms. The van der Waals surface area contributed by atoms with Crippen LogP contribution >= 0.6 is 0 Å². The molecular weight excluding hydrogens is 296 g/mol. The van der Waals surface area contributed by atoms with E-state index in [9.17, 15) is 4.79 Å². The molecule has 0 aliphatic heterocycles. The lowest BCUT2D eigenvalue weighted by atomic mass is 10.1. The van der Waals surface area contributed by atoms with Crippen molar-refractivity contribution in [2.75, 3.05) is 12.0 Å². The Kier molecular flexibility index (Phi) is 5.24. The third kappa shape index (κ3) is 5.06. The Hall–Kier alpha value is -2.96. The highest BCUT2D eigenvalue weighted by Crippen LogP contribution is 2.13. The van der Waals surface area contributed by atoms with Gasteiger partial charge in [-0.1, -0.05) is 0 Å². The number of carboxylic acid groups (broad SMARTS) is 1. The molecule has 0 saturated carbocycles. The highest BCUT2D eigenvalue weighted by atomic mass is 16.5. The number of nitrogens with zero attached hydrogens (tertiary/aromatic N) is 3. The van der Waals surface area contributed by atoms with Crippen LogP contribution in [0.15, 0.2) is 35.4 Å². The first-order valence-electron chi connectivity index (χ1n) is 7.01. The van der Waals surface area contributed by atoms with Crippen LogP contribution in [0.25, 0.3) is 0 Å². The number of rotatable bonds is 6. The van der Waals surface area contributed by atoms with Crippen LogP contribution in [0.3, 0.4) is 0 Å². The van der Waals surface area contributed by atoms with Crippen molar-refractivity contribution in [1.29, 1.82) is 0 Å². The van der Waals surface area contributed by atoms with Gasteiger partial charge in [0, 0.05) is 11.4 Å². The minimum Gasteiger partial charge on any atom is -0.482 e. The van der Waals surface area contributed by atoms with Crippen molar-refractivity contribution in [3.63, 3.8) is 0 Å². The van der Waals surface area contributed by atoms with Crippen LogP contribution in [0.4, 0.5) is 5.95 Å². The lowest BCUT2D eigenvalue weighted by molar-refractivity contribution is -0.139. The van der Waals surface area contributed by atoms with Crippen molar-refractivity contribution in [2.45, 2.75) is 20.8 Å². The molecule has 23 heavy (non-hydrogen) atoms. The Morgan fingerprint density at radius 1 is 1.22 bits per heavy atom. The molecule has 7 nitrogen and oxygen atoms in total. The number of anilines is 1. The van der Waals surface area contributed by atoms with Crippen LogP contribution < -0.4 is 10.2 Å². The molecule has 0 aliphatic carbocycles. The maximum Gasteiger partial charge on any atom is 0.341 e. The van der Waals surface area contributed by atoms with Gasteiger partial charge >= 0.3 is 5.97 Å². The summed E-state index contributed by atoms with van der Waals surface area (Å²) in [5, 5.41) is 12.8. The average Bonchev–Trinajstić information content (AvgIpc) is 2.50. The third-order valence-electron chi connectivity index (χ3n) is 2.94. The van der Waals surface area contributed by atoms with Crippen LogP contribution in [-0.4, -0.2) is 33.4 Å². The van der Waals surface area contributed by atoms with Crippen LogP contribution in [0, 0.1) is 13.8 Å². The number of nitrogens with one attached hydrogen (secondary N) is 1. The number of hydrogen-bond donors (Lipinski definition) is 2. The van der Waals surface area contributed by atoms with Gasteiger partial charge in [-0.25, -0.2) is 20.2 Å². The van der Waals surface area contributed by atoms with Crippen molar-refractivity contribution < 1.29 is 14.6 Å². The van der Waals surface area contributed by atoms with Crippen molar-refractivity contribution in [2.24, 2.45) is 5.10 Å². The van der Waals surface area contributed by atoms with Gasteiger partial charge in [-0.3, -0.25) is 0 Å². The predicted molar refractivity (Wildman–Crippen MR) is 86.9 cm³/mol. The normalized spacial score (nSPS) is 11.2. The first-order valence-corrected chi connectivity index (χ1v) is 7.01. The third-order valence-corrected chi connectivity index (χ3v) is 2.94. The standard InChI is InChI=1S/C16H18N4O3/c1-10-8-11(2)18-16(17-10)20-19-12(3)13-4-6-14(7-5-13)23-9-15(21)22/h4-8H,9H2,1-3H3,(H,21,22)(H,17,18,20)/b19-12-. The highest BCUT2D eigenvalue weighted by Gasteiger charge is 2.02. The summed E-state index contributed by atoms with van der Waals surface area (Å²) in [4.78, 5) is 19.0. The average molecular weight is 314 g/mol. The Morgan fingerprint density at radius 2 is 1.83 bits per heavy atom. The Morgan fingerprint density at radius 3 is 2.39 bits per heavy atom. The molecule has 1 heterocycles. The van der Waals surface area contributed by atoms with Gasteiger partial charge in [0.15, 0.2) is 6.61 Å². The summed E-state index contributed by atoms with van der Waals surface area (Å²) in [5.41, 5.74) is 6.20. The zero-order chi connectivity index (χ0) is 16.8. The number of benzene rings is 1. The number of hydrazone groups is 1. The molecular formula is C16H18N4O3. The van der Waals surface area contributed by atoms with Gasteiger partial charge in [0.05, 0.1) is 5.71 Å². The molecule has 2 N–H and O–H groups in total. The van der Waals surface area contributed by atoms with E-state index in [4.69, 9.17) is 9.84 Å². The summed E-state index contributed by atoms with van der Waals surface area (Å²) in [6.45, 7) is 5.28. The minimum absolute atomic E-state index is 0.363. The summed E-state index contributed by atoms with van der Waals surface area (Å²) in [6.07, 6.45) is 0. The Balaban J connectivity index is 2.04. The lowest BCUT2D eigenvalue weighted by Gasteiger charge is -2.06. The fraction of sp³-hybridized carbons (Fsp3) is 0.250. The summed E-state index contributed by atoms with van der Waals surface area (Å²) in [7, 11) is 0. The molecule has 2 rings (SSSR count). The SMILES string of the molecule is C/C(=N/Nc1nc(C)cc(C)n1)c1ccc(OCC(=O)O)cc1. The van der Waals surface area contributed by atoms with Crippen molar-refractivity contribution in [3.05, 3.63) is 47.3 Å². The minimum atomic E-state index is -1.01. The molecule has 0 fully saturated rings. The van der Waals surface area contributed by atoms with Crippen molar-refractivity contribution in [1.82, 2.24) is 9.97 Å². The quantitative estimate of drug-likeness (QED) is 0.628. The van der Waals surface area contributed by atoms with Crippen LogP contribution in [-0.2, 0) is 4.79 Å². The smallest absolute Gasteiger partial charge is 0.341 e. The fourth-order valence-electron chi connectivity index (χ4n) is 1.91. The van der Waals surface area contributed by atoms with Gasteiger partial charge in [0.25, 0.3) is 0 Å². The van der Waals surface area contributed by atoms with Gasteiger partial charge in [-0.05, 0) is 56.7 Å². The molecule has 0 atom stereocenters. The first kappa shape index (κ1) is 16.4. The van der Waals surface area contributed by atoms with Crippen LogP contribution in [0.1, 0.15) is 23.9 Å². The zero-order valence-electron chi connectivity index (χ0n) is 13.2. The Labute approximate surface area is 134 Å². The molecule has 0 amide bonds. The van der Waals surface area contributed by atoms with Gasteiger partial charge in [-0.15, -0.1) is 0 Å². The second-order valence-electron chi connectivity index (χ2n) is 4.99. The van der Waals surface area contributed by atoms with Gasteiger partial charge in [0.1, 0.15) is 5.75 Å². The fourth-order valence-corrected chi connectivity index (χ4v) is 1.91. The topological polar surface area (TPSA) is 96.7 Å². The number of aliphatic carboxylic acids is 1. The van der Waals surface area contributed by atoms with E-state index in [-0.39, 0.29) is 6.61 Å². The number of carbonyl (C=O) groups is 1. The number of carboxylic acids is 1. The maximum absolute atomic E-state index is 10.5. The van der Waals surface area contributed by atoms with E-state index in [1.807, 2.05) is 26.8 Å². The van der Waals surface area contributed by atoms with Crippen molar-refractivity contribution in [3.8, 4) is 5.75 Å². The molecule has 0 radical (unpaired) electrons. The van der Waals surface area contributed by atoms with E-state index in [1.54, 1.807) is 24.3 Å². The van der Waals surface area contributed by atoms with E-state index in [2.05, 4.69) is 20.5 Å². The van der Waals surface area contributed by atoms with E-state index in [0.29, 0.717) is 11.7 Å². The van der Waals surface area contributed by atoms with Crippen LogP contribution in [0.5, 0.6) is 5.75 Å². The maximum atomic E-state index is 10.5. The van der Waals surface area contributed by atoms with Crippen LogP contribution in [0.2, 0.25) is 0 Å². The molecule has 0 saturated heterocycles. The molecule has 0 spiro atoms. The van der Waals surface area contributed by atoms with E-state index >= 15 is 0 Å². The molecule has 120 valence electrons. The summed E-state index contributed by atoms with van der Waals surface area (Å²) >= 11 is 0. The number of aromatic nitrogens is 2. The Bertz CT molecular complexity index is 706. The number of hydrogen-bond acceptors (Lipinski definition) is 6. The van der Waals surface area contributed by atoms with Crippen molar-refractivity contribution >= 4 is 17.6 Å². The molecule has 0 aliphatic rings. The monoisotopic (exact) mass is 314 g/mol. The number of aryl methyl sites for hydroxylation is 2. The molecule has 7 heteroatoms. The van der Waals surface area contributed by atoms with Gasteiger partial charge in [0.2, 0.25) is 5.95 Å². The lowest BCUT2D eigenvalue weighted by Crippen LogP contribution is -2.09. The summed E-state index contributed by atoms with van der Waals surface area (Å²) < 4.78 is 5.08. The highest BCUT2D eigenvalue weighted by molar-refractivity contribution is 5.99. The second kappa shape index (κ2) is 7.35. The predicted octanol–water partition coefficient (Wildman–Crippen LogP) is 2.39. The summed E-state index contributed by atoms with van der Waals surface area (Å²) in [5.74, 6) is -0.0673. The summed E-state index contributed by atoms with van der Waals surface area (Å²) in [6, 6.07) is 8.90. The molecule has 2 aromatic rings. The number of ether oxygens (including phenoxy) is 1. The molecule has 0 unspecified atom stereocenters. The molecule has 1 aromatic carbocycles. The largest absolute Gasteiger partial charge is 0.482 e. The van der Waals surface area contributed by atoms with E-state index in [1.165, 1.54) is 0 Å². The first-order chi connectivity index (χ1) is 10.9.